The molecular formula is C15H23FN2O3S. The van der Waals surface area contributed by atoms with Crippen LogP contribution in [0, 0.1) is 11.7 Å². The number of nitrogens with zero attached hydrogens (tertiary/aromatic N) is 1. The molecule has 1 amide bonds. The number of sulfonamides is 1. The number of para-hydroxylation sites is 1. The van der Waals surface area contributed by atoms with Gasteiger partial charge in [0.15, 0.2) is 0 Å². The SMILES string of the molecule is CC(C)[C@@H](C)NC(=O)[C@H](C)N(c1ccccc1F)S(C)(=O)=O. The Labute approximate surface area is 131 Å². The Hall–Kier alpha value is -1.63. The van der Waals surface area contributed by atoms with Crippen molar-refractivity contribution in [1.82, 2.24) is 5.32 Å². The van der Waals surface area contributed by atoms with Crippen molar-refractivity contribution < 1.29 is 17.6 Å². The Bertz CT molecular complexity index is 631. The number of hydrogen-bond donors (Lipinski definition) is 1. The third kappa shape index (κ3) is 4.43. The van der Waals surface area contributed by atoms with Crippen LogP contribution in [0.15, 0.2) is 24.3 Å². The van der Waals surface area contributed by atoms with Crippen LogP contribution in [0.4, 0.5) is 10.1 Å². The molecule has 7 heteroatoms. The second-order valence-corrected chi connectivity index (χ2v) is 7.59. The van der Waals surface area contributed by atoms with Crippen molar-refractivity contribution in [1.29, 1.82) is 0 Å². The molecule has 0 spiro atoms. The number of rotatable bonds is 6. The number of anilines is 1. The molecule has 1 N–H and O–H groups in total. The third-order valence-electron chi connectivity index (χ3n) is 3.55. The van der Waals surface area contributed by atoms with Gasteiger partial charge in [0, 0.05) is 6.04 Å². The maximum absolute atomic E-state index is 13.9. The molecule has 1 aromatic carbocycles. The molecule has 5 nitrogen and oxygen atoms in total. The Morgan fingerprint density at radius 1 is 1.18 bits per heavy atom. The Morgan fingerprint density at radius 2 is 1.73 bits per heavy atom. The van der Waals surface area contributed by atoms with Gasteiger partial charge in [-0.05, 0) is 31.9 Å². The lowest BCUT2D eigenvalue weighted by Gasteiger charge is -2.30. The molecule has 1 aromatic rings. The van der Waals surface area contributed by atoms with Crippen LogP contribution in [-0.2, 0) is 14.8 Å². The van der Waals surface area contributed by atoms with Crippen molar-refractivity contribution in [3.05, 3.63) is 30.1 Å². The molecule has 0 aromatic heterocycles. The van der Waals surface area contributed by atoms with Crippen LogP contribution in [0.25, 0.3) is 0 Å². The molecular weight excluding hydrogens is 307 g/mol. The van der Waals surface area contributed by atoms with E-state index in [1.807, 2.05) is 20.8 Å². The number of nitrogens with one attached hydrogen (secondary N) is 1. The van der Waals surface area contributed by atoms with Crippen LogP contribution in [0.1, 0.15) is 27.7 Å². The predicted octanol–water partition coefficient (Wildman–Crippen LogP) is 2.14. The molecule has 0 saturated heterocycles. The zero-order chi connectivity index (χ0) is 17.1. The highest BCUT2D eigenvalue weighted by atomic mass is 32.2. The average Bonchev–Trinajstić information content (AvgIpc) is 2.39. The van der Waals surface area contributed by atoms with Gasteiger partial charge in [-0.2, -0.15) is 0 Å². The molecule has 0 heterocycles. The van der Waals surface area contributed by atoms with Crippen molar-refractivity contribution in [3.63, 3.8) is 0 Å². The minimum atomic E-state index is -3.81. The van der Waals surface area contributed by atoms with E-state index in [2.05, 4.69) is 5.32 Å². The maximum Gasteiger partial charge on any atom is 0.243 e. The van der Waals surface area contributed by atoms with Gasteiger partial charge in [0.1, 0.15) is 11.9 Å². The van der Waals surface area contributed by atoms with Crippen molar-refractivity contribution in [2.24, 2.45) is 5.92 Å². The van der Waals surface area contributed by atoms with Crippen LogP contribution in [0.3, 0.4) is 0 Å². The second kappa shape index (κ2) is 7.09. The van der Waals surface area contributed by atoms with Crippen LogP contribution < -0.4 is 9.62 Å². The van der Waals surface area contributed by atoms with E-state index in [-0.39, 0.29) is 17.6 Å². The molecule has 0 radical (unpaired) electrons. The summed E-state index contributed by atoms with van der Waals surface area (Å²) < 4.78 is 38.8. The van der Waals surface area contributed by atoms with E-state index >= 15 is 0 Å². The normalized spacial score (nSPS) is 14.5. The molecule has 0 unspecified atom stereocenters. The van der Waals surface area contributed by atoms with Gasteiger partial charge < -0.3 is 5.32 Å². The van der Waals surface area contributed by atoms with Gasteiger partial charge in [0.2, 0.25) is 15.9 Å². The highest BCUT2D eigenvalue weighted by Crippen LogP contribution is 2.24. The van der Waals surface area contributed by atoms with Crippen LogP contribution in [-0.4, -0.2) is 32.7 Å². The number of halogens is 1. The number of benzene rings is 1. The number of hydrogen-bond acceptors (Lipinski definition) is 3. The first-order chi connectivity index (χ1) is 10.1. The zero-order valence-corrected chi connectivity index (χ0v) is 14.3. The summed E-state index contributed by atoms with van der Waals surface area (Å²) in [6, 6.07) is 4.33. The van der Waals surface area contributed by atoms with Crippen molar-refractivity contribution in [2.75, 3.05) is 10.6 Å². The number of carbonyl (C=O) groups excluding carboxylic acids is 1. The summed E-state index contributed by atoms with van der Waals surface area (Å²) in [6.45, 7) is 7.17. The highest BCUT2D eigenvalue weighted by molar-refractivity contribution is 7.92. The lowest BCUT2D eigenvalue weighted by molar-refractivity contribution is -0.122. The van der Waals surface area contributed by atoms with Gasteiger partial charge in [-0.15, -0.1) is 0 Å². The molecule has 0 aliphatic heterocycles. The molecule has 0 fully saturated rings. The molecule has 22 heavy (non-hydrogen) atoms. The average molecular weight is 330 g/mol. The largest absolute Gasteiger partial charge is 0.352 e. The van der Waals surface area contributed by atoms with Gasteiger partial charge in [-0.3, -0.25) is 9.10 Å². The Balaban J connectivity index is 3.14. The van der Waals surface area contributed by atoms with Gasteiger partial charge in [-0.1, -0.05) is 26.0 Å². The maximum atomic E-state index is 13.9. The van der Waals surface area contributed by atoms with Crippen molar-refractivity contribution in [3.8, 4) is 0 Å². The molecule has 0 aliphatic carbocycles. The fraction of sp³-hybridized carbons (Fsp3) is 0.533. The number of amides is 1. The fourth-order valence-electron chi connectivity index (χ4n) is 1.92. The van der Waals surface area contributed by atoms with Gasteiger partial charge in [-0.25, -0.2) is 12.8 Å². The highest BCUT2D eigenvalue weighted by Gasteiger charge is 2.31. The first-order valence-corrected chi connectivity index (χ1v) is 8.94. The Morgan fingerprint density at radius 3 is 2.18 bits per heavy atom. The van der Waals surface area contributed by atoms with E-state index in [4.69, 9.17) is 0 Å². The van der Waals surface area contributed by atoms with Crippen LogP contribution in [0.5, 0.6) is 0 Å². The Kier molecular flexibility index (Phi) is 5.93. The summed E-state index contributed by atoms with van der Waals surface area (Å²) in [5.41, 5.74) is -0.134. The van der Waals surface area contributed by atoms with Crippen molar-refractivity contribution in [2.45, 2.75) is 39.8 Å². The lowest BCUT2D eigenvalue weighted by atomic mass is 10.1. The van der Waals surface area contributed by atoms with E-state index in [9.17, 15) is 17.6 Å². The minimum absolute atomic E-state index is 0.114. The topological polar surface area (TPSA) is 66.5 Å². The van der Waals surface area contributed by atoms with E-state index in [0.717, 1.165) is 16.6 Å². The van der Waals surface area contributed by atoms with E-state index in [0.29, 0.717) is 0 Å². The van der Waals surface area contributed by atoms with E-state index < -0.39 is 27.8 Å². The standard InChI is InChI=1S/C15H23FN2O3S/c1-10(2)11(3)17-15(19)12(4)18(22(5,20)21)14-9-7-6-8-13(14)16/h6-12H,1-5H3,(H,17,19)/t11-,12+/m1/s1. The van der Waals surface area contributed by atoms with Gasteiger partial charge >= 0.3 is 0 Å². The summed E-state index contributed by atoms with van der Waals surface area (Å²) in [5, 5.41) is 2.75. The summed E-state index contributed by atoms with van der Waals surface area (Å²) in [5.74, 6) is -0.948. The van der Waals surface area contributed by atoms with Crippen LogP contribution >= 0.6 is 0 Å². The molecule has 0 bridgehead atoms. The number of carbonyl (C=O) groups is 1. The molecule has 0 saturated carbocycles. The summed E-state index contributed by atoms with van der Waals surface area (Å²) in [7, 11) is -3.81. The summed E-state index contributed by atoms with van der Waals surface area (Å²) in [4.78, 5) is 12.3. The van der Waals surface area contributed by atoms with E-state index in [1.54, 1.807) is 0 Å². The fourth-order valence-corrected chi connectivity index (χ4v) is 3.10. The lowest BCUT2D eigenvalue weighted by Crippen LogP contribution is -2.51. The second-order valence-electron chi connectivity index (χ2n) is 5.73. The summed E-state index contributed by atoms with van der Waals surface area (Å²) in [6.07, 6.45) is 0.953. The smallest absolute Gasteiger partial charge is 0.243 e. The molecule has 124 valence electrons. The monoisotopic (exact) mass is 330 g/mol. The van der Waals surface area contributed by atoms with Crippen LogP contribution in [0.2, 0.25) is 0 Å². The van der Waals surface area contributed by atoms with Gasteiger partial charge in [0.05, 0.1) is 11.9 Å². The molecule has 2 atom stereocenters. The zero-order valence-electron chi connectivity index (χ0n) is 13.5. The predicted molar refractivity (Wildman–Crippen MR) is 85.6 cm³/mol. The van der Waals surface area contributed by atoms with Crippen molar-refractivity contribution >= 4 is 21.6 Å². The first-order valence-electron chi connectivity index (χ1n) is 7.10. The third-order valence-corrected chi connectivity index (χ3v) is 4.78. The van der Waals surface area contributed by atoms with Gasteiger partial charge in [0.25, 0.3) is 0 Å². The molecule has 1 rings (SSSR count). The van der Waals surface area contributed by atoms with E-state index in [1.165, 1.54) is 25.1 Å². The first kappa shape index (κ1) is 18.4. The minimum Gasteiger partial charge on any atom is -0.352 e. The quantitative estimate of drug-likeness (QED) is 0.869. The molecule has 0 aliphatic rings. The summed E-state index contributed by atoms with van der Waals surface area (Å²) >= 11 is 0.